The van der Waals surface area contributed by atoms with Crippen molar-refractivity contribution in [3.05, 3.63) is 89.2 Å². The Kier molecular flexibility index (Phi) is 2.90. The predicted molar refractivity (Wildman–Crippen MR) is 87.0 cm³/mol. The van der Waals surface area contributed by atoms with Crippen molar-refractivity contribution < 1.29 is 4.79 Å². The van der Waals surface area contributed by atoms with E-state index in [1.807, 2.05) is 55.6 Å². The van der Waals surface area contributed by atoms with Crippen LogP contribution in [0.5, 0.6) is 0 Å². The van der Waals surface area contributed by atoms with Crippen LogP contribution in [-0.4, -0.2) is 10.8 Å². The minimum absolute atomic E-state index is 0.137. The van der Waals surface area contributed by atoms with Gasteiger partial charge in [-0.05, 0) is 35.2 Å². The van der Waals surface area contributed by atoms with Gasteiger partial charge >= 0.3 is 0 Å². The zero-order chi connectivity index (χ0) is 15.1. The smallest absolute Gasteiger partial charge is 0.174 e. The highest BCUT2D eigenvalue weighted by atomic mass is 16.1. The number of fused-ring (bicyclic) bond motifs is 3. The summed E-state index contributed by atoms with van der Waals surface area (Å²) >= 11 is 0. The van der Waals surface area contributed by atoms with Gasteiger partial charge in [-0.25, -0.2) is 0 Å². The normalized spacial score (nSPS) is 15.2. The number of rotatable bonds is 2. The maximum absolute atomic E-state index is 13.0. The molecule has 0 fully saturated rings. The summed E-state index contributed by atoms with van der Waals surface area (Å²) in [6.07, 6.45) is 1.86. The van der Waals surface area contributed by atoms with E-state index in [1.165, 1.54) is 0 Å². The molecular formula is C20H15NO. The first-order valence-corrected chi connectivity index (χ1v) is 7.41. The van der Waals surface area contributed by atoms with Crippen molar-refractivity contribution in [1.29, 1.82) is 0 Å². The molecule has 1 heterocycles. The van der Waals surface area contributed by atoms with Crippen LogP contribution in [0.15, 0.2) is 66.9 Å². The molecule has 1 atom stereocenters. The number of carbonyl (C=O) groups excluding carboxylic acids is 1. The molecule has 0 aliphatic heterocycles. The number of benzene rings is 2. The van der Waals surface area contributed by atoms with Crippen LogP contribution < -0.4 is 0 Å². The summed E-state index contributed by atoms with van der Waals surface area (Å²) in [5.74, 6) is -0.112. The third-order valence-corrected chi connectivity index (χ3v) is 4.26. The second-order valence-electron chi connectivity index (χ2n) is 5.66. The first kappa shape index (κ1) is 13.0. The summed E-state index contributed by atoms with van der Waals surface area (Å²) in [5, 5.41) is 0. The van der Waals surface area contributed by atoms with Crippen molar-refractivity contribution in [2.75, 3.05) is 0 Å². The van der Waals surface area contributed by atoms with E-state index in [-0.39, 0.29) is 11.7 Å². The molecule has 0 spiro atoms. The molecule has 2 nitrogen and oxygen atoms in total. The van der Waals surface area contributed by atoms with Crippen LogP contribution in [0.1, 0.15) is 33.1 Å². The van der Waals surface area contributed by atoms with Crippen molar-refractivity contribution in [1.82, 2.24) is 4.98 Å². The molecule has 1 unspecified atom stereocenters. The molecule has 2 aromatic carbocycles. The highest BCUT2D eigenvalue weighted by molar-refractivity contribution is 6.07. The molecule has 106 valence electrons. The Morgan fingerprint density at radius 2 is 1.64 bits per heavy atom. The number of pyridine rings is 1. The van der Waals surface area contributed by atoms with E-state index in [1.54, 1.807) is 0 Å². The third kappa shape index (κ3) is 1.88. The Balaban J connectivity index is 1.92. The minimum Gasteiger partial charge on any atom is -0.293 e. The molecule has 22 heavy (non-hydrogen) atoms. The van der Waals surface area contributed by atoms with E-state index >= 15 is 0 Å². The van der Waals surface area contributed by atoms with E-state index in [2.05, 4.69) is 23.2 Å². The first-order valence-electron chi connectivity index (χ1n) is 7.41. The van der Waals surface area contributed by atoms with Crippen molar-refractivity contribution in [2.24, 2.45) is 0 Å². The van der Waals surface area contributed by atoms with Crippen LogP contribution in [0, 0.1) is 6.92 Å². The Labute approximate surface area is 129 Å². The van der Waals surface area contributed by atoms with Gasteiger partial charge in [0.15, 0.2) is 5.78 Å². The molecule has 2 heteroatoms. The molecule has 0 N–H and O–H groups in total. The molecule has 0 saturated heterocycles. The van der Waals surface area contributed by atoms with E-state index in [0.717, 1.165) is 33.5 Å². The topological polar surface area (TPSA) is 30.0 Å². The zero-order valence-corrected chi connectivity index (χ0v) is 12.3. The summed E-state index contributed by atoms with van der Waals surface area (Å²) in [4.78, 5) is 17.4. The summed E-state index contributed by atoms with van der Waals surface area (Å²) in [6.45, 7) is 1.98. The molecule has 0 radical (unpaired) electrons. The fraction of sp³-hybridized carbons (Fsp3) is 0.100. The lowest BCUT2D eigenvalue weighted by Crippen LogP contribution is -2.12. The molecule has 1 aliphatic rings. The predicted octanol–water partition coefficient (Wildman–Crippen LogP) is 4.39. The fourth-order valence-corrected chi connectivity index (χ4v) is 3.25. The molecule has 0 saturated carbocycles. The van der Waals surface area contributed by atoms with Crippen LogP contribution in [0.2, 0.25) is 0 Å². The Bertz CT molecular complexity index is 868. The Morgan fingerprint density at radius 3 is 2.45 bits per heavy atom. The van der Waals surface area contributed by atoms with E-state index in [9.17, 15) is 4.79 Å². The molecule has 0 amide bonds. The van der Waals surface area contributed by atoms with Crippen LogP contribution in [0.3, 0.4) is 0 Å². The minimum atomic E-state index is -0.248. The van der Waals surface area contributed by atoms with Gasteiger partial charge in [-0.3, -0.25) is 9.78 Å². The average molecular weight is 285 g/mol. The number of nitrogens with zero attached hydrogens (tertiary/aromatic N) is 1. The van der Waals surface area contributed by atoms with E-state index < -0.39 is 0 Å². The zero-order valence-electron chi connectivity index (χ0n) is 12.3. The Hall–Kier alpha value is -2.74. The second kappa shape index (κ2) is 4.92. The van der Waals surface area contributed by atoms with Gasteiger partial charge in [0.25, 0.3) is 0 Å². The SMILES string of the molecule is Cc1cc2c(cn1)C(C(=O)c1ccccc1)c1ccccc1-2. The van der Waals surface area contributed by atoms with Gasteiger partial charge in [-0.1, -0.05) is 54.6 Å². The molecule has 1 aromatic heterocycles. The maximum Gasteiger partial charge on any atom is 0.174 e. The monoisotopic (exact) mass is 285 g/mol. The molecule has 4 rings (SSSR count). The lowest BCUT2D eigenvalue weighted by Gasteiger charge is -2.12. The number of aromatic nitrogens is 1. The summed E-state index contributed by atoms with van der Waals surface area (Å²) in [5.41, 5.74) is 6.10. The second-order valence-corrected chi connectivity index (χ2v) is 5.66. The van der Waals surface area contributed by atoms with Crippen molar-refractivity contribution in [2.45, 2.75) is 12.8 Å². The van der Waals surface area contributed by atoms with E-state index in [4.69, 9.17) is 0 Å². The highest BCUT2D eigenvalue weighted by Gasteiger charge is 2.34. The van der Waals surface area contributed by atoms with Crippen LogP contribution in [-0.2, 0) is 0 Å². The van der Waals surface area contributed by atoms with Crippen molar-refractivity contribution in [3.8, 4) is 11.1 Å². The third-order valence-electron chi connectivity index (χ3n) is 4.26. The number of Topliss-reactive ketones (excluding diaryl/α,β-unsaturated/α-hetero) is 1. The largest absolute Gasteiger partial charge is 0.293 e. The van der Waals surface area contributed by atoms with Gasteiger partial charge in [-0.15, -0.1) is 0 Å². The first-order chi connectivity index (χ1) is 10.8. The highest BCUT2D eigenvalue weighted by Crippen LogP contribution is 2.45. The standard InChI is InChI=1S/C20H15NO/c1-13-11-17-15-9-5-6-10-16(15)19(18(17)12-21-13)20(22)14-7-3-2-4-8-14/h2-12,19H,1H3. The van der Waals surface area contributed by atoms with Crippen LogP contribution >= 0.6 is 0 Å². The Morgan fingerprint density at radius 1 is 0.909 bits per heavy atom. The quantitative estimate of drug-likeness (QED) is 0.654. The van der Waals surface area contributed by atoms with Gasteiger partial charge in [0.05, 0.1) is 5.92 Å². The number of carbonyl (C=O) groups is 1. The van der Waals surface area contributed by atoms with Gasteiger partial charge in [0, 0.05) is 17.5 Å². The molecule has 0 bridgehead atoms. The number of hydrogen-bond acceptors (Lipinski definition) is 2. The summed E-state index contributed by atoms with van der Waals surface area (Å²) < 4.78 is 0. The van der Waals surface area contributed by atoms with Crippen LogP contribution in [0.25, 0.3) is 11.1 Å². The van der Waals surface area contributed by atoms with Gasteiger partial charge < -0.3 is 0 Å². The van der Waals surface area contributed by atoms with E-state index in [0.29, 0.717) is 0 Å². The maximum atomic E-state index is 13.0. The van der Waals surface area contributed by atoms with Crippen molar-refractivity contribution in [3.63, 3.8) is 0 Å². The van der Waals surface area contributed by atoms with Gasteiger partial charge in [-0.2, -0.15) is 0 Å². The molecular weight excluding hydrogens is 270 g/mol. The van der Waals surface area contributed by atoms with Crippen LogP contribution in [0.4, 0.5) is 0 Å². The average Bonchev–Trinajstić information content (AvgIpc) is 2.89. The lowest BCUT2D eigenvalue weighted by atomic mass is 9.89. The van der Waals surface area contributed by atoms with Gasteiger partial charge in [0.2, 0.25) is 0 Å². The molecule has 3 aromatic rings. The van der Waals surface area contributed by atoms with Gasteiger partial charge in [0.1, 0.15) is 0 Å². The lowest BCUT2D eigenvalue weighted by molar-refractivity contribution is 0.0975. The number of hydrogen-bond donors (Lipinski definition) is 0. The molecule has 1 aliphatic carbocycles. The summed E-state index contributed by atoms with van der Waals surface area (Å²) in [7, 11) is 0. The fourth-order valence-electron chi connectivity index (χ4n) is 3.25. The summed E-state index contributed by atoms with van der Waals surface area (Å²) in [6, 6.07) is 19.7. The van der Waals surface area contributed by atoms with Crippen molar-refractivity contribution >= 4 is 5.78 Å². The number of ketones is 1. The number of aryl methyl sites for hydroxylation is 1.